The summed E-state index contributed by atoms with van der Waals surface area (Å²) in [5, 5.41) is 5.60. The van der Waals surface area contributed by atoms with Crippen molar-refractivity contribution in [1.29, 1.82) is 0 Å². The maximum absolute atomic E-state index is 12.3. The van der Waals surface area contributed by atoms with Crippen LogP contribution in [0.5, 0.6) is 0 Å². The summed E-state index contributed by atoms with van der Waals surface area (Å²) in [5.74, 6) is 0.314. The summed E-state index contributed by atoms with van der Waals surface area (Å²) in [7, 11) is -3.50. The molecule has 22 heavy (non-hydrogen) atoms. The van der Waals surface area contributed by atoms with Crippen LogP contribution in [0.4, 0.5) is 5.82 Å². The molecule has 1 aromatic rings. The molecule has 0 bridgehead atoms. The summed E-state index contributed by atoms with van der Waals surface area (Å²) in [5.41, 5.74) is 0. The minimum absolute atomic E-state index is 0.0730. The summed E-state index contributed by atoms with van der Waals surface area (Å²) in [4.78, 5) is 15.7. The van der Waals surface area contributed by atoms with Crippen LogP contribution in [0.15, 0.2) is 23.2 Å². The van der Waals surface area contributed by atoms with E-state index in [1.807, 2.05) is 13.8 Å². The van der Waals surface area contributed by atoms with Gasteiger partial charge in [-0.1, -0.05) is 13.8 Å². The van der Waals surface area contributed by atoms with Crippen molar-refractivity contribution in [2.45, 2.75) is 38.6 Å². The number of amides is 1. The van der Waals surface area contributed by atoms with Crippen molar-refractivity contribution < 1.29 is 13.2 Å². The van der Waals surface area contributed by atoms with E-state index in [4.69, 9.17) is 0 Å². The van der Waals surface area contributed by atoms with Gasteiger partial charge in [0, 0.05) is 25.3 Å². The Hall–Kier alpha value is -1.67. The van der Waals surface area contributed by atoms with Crippen molar-refractivity contribution in [2.24, 2.45) is 0 Å². The molecule has 0 aliphatic carbocycles. The molecule has 0 atom stereocenters. The Morgan fingerprint density at radius 2 is 1.91 bits per heavy atom. The second-order valence-electron chi connectivity index (χ2n) is 5.04. The average molecular weight is 328 g/mol. The molecule has 0 aliphatic rings. The number of hydrogen-bond donors (Lipinski definition) is 2. The van der Waals surface area contributed by atoms with Crippen LogP contribution in [0.25, 0.3) is 0 Å². The van der Waals surface area contributed by atoms with Crippen molar-refractivity contribution in [1.82, 2.24) is 14.6 Å². The molecule has 0 radical (unpaired) electrons. The molecule has 0 saturated carbocycles. The third-order valence-electron chi connectivity index (χ3n) is 2.96. The molecular formula is C14H24N4O3S. The van der Waals surface area contributed by atoms with E-state index in [1.165, 1.54) is 16.6 Å². The van der Waals surface area contributed by atoms with Gasteiger partial charge in [0.2, 0.25) is 15.9 Å². The zero-order chi connectivity index (χ0) is 16.8. The Bertz CT molecular complexity index is 581. The molecule has 1 rings (SSSR count). The Balaban J connectivity index is 2.73. The van der Waals surface area contributed by atoms with Gasteiger partial charge in [0.1, 0.15) is 10.7 Å². The van der Waals surface area contributed by atoms with Crippen LogP contribution in [0, 0.1) is 0 Å². The van der Waals surface area contributed by atoms with Gasteiger partial charge in [-0.15, -0.1) is 0 Å². The van der Waals surface area contributed by atoms with Crippen LogP contribution >= 0.6 is 0 Å². The van der Waals surface area contributed by atoms with Gasteiger partial charge >= 0.3 is 0 Å². The van der Waals surface area contributed by atoms with Gasteiger partial charge in [-0.3, -0.25) is 4.79 Å². The fraction of sp³-hybridized carbons (Fsp3) is 0.571. The van der Waals surface area contributed by atoms with Crippen LogP contribution in [0.2, 0.25) is 0 Å². The van der Waals surface area contributed by atoms with Crippen LogP contribution in [0.3, 0.4) is 0 Å². The number of nitrogens with one attached hydrogen (secondary N) is 2. The van der Waals surface area contributed by atoms with Crippen molar-refractivity contribution in [3.05, 3.63) is 18.3 Å². The second kappa shape index (κ2) is 8.09. The van der Waals surface area contributed by atoms with Crippen LogP contribution in [-0.4, -0.2) is 49.3 Å². The second-order valence-corrected chi connectivity index (χ2v) is 6.98. The first-order valence-electron chi connectivity index (χ1n) is 7.30. The van der Waals surface area contributed by atoms with Gasteiger partial charge in [-0.05, 0) is 26.0 Å². The molecule has 1 aromatic heterocycles. The lowest BCUT2D eigenvalue weighted by atomic mass is 10.4. The van der Waals surface area contributed by atoms with E-state index in [9.17, 15) is 13.2 Å². The minimum Gasteiger partial charge on any atom is -0.361 e. The lowest BCUT2D eigenvalue weighted by molar-refractivity contribution is -0.119. The predicted molar refractivity (Wildman–Crippen MR) is 86.1 cm³/mol. The number of carbonyl (C=O) groups excluding carboxylic acids is 1. The van der Waals surface area contributed by atoms with Gasteiger partial charge in [-0.2, -0.15) is 4.31 Å². The molecular weight excluding hydrogens is 304 g/mol. The van der Waals surface area contributed by atoms with Crippen LogP contribution in [-0.2, 0) is 14.8 Å². The first-order valence-corrected chi connectivity index (χ1v) is 8.74. The van der Waals surface area contributed by atoms with Crippen molar-refractivity contribution >= 4 is 21.7 Å². The van der Waals surface area contributed by atoms with Crippen molar-refractivity contribution in [3.63, 3.8) is 0 Å². The fourth-order valence-electron chi connectivity index (χ4n) is 1.89. The number of anilines is 1. The highest BCUT2D eigenvalue weighted by molar-refractivity contribution is 7.89. The smallest absolute Gasteiger partial charge is 0.244 e. The molecule has 0 saturated heterocycles. The Morgan fingerprint density at radius 3 is 2.36 bits per heavy atom. The van der Waals surface area contributed by atoms with E-state index in [2.05, 4.69) is 15.6 Å². The molecule has 1 heterocycles. The number of sulfonamides is 1. The zero-order valence-electron chi connectivity index (χ0n) is 13.5. The van der Waals surface area contributed by atoms with Gasteiger partial charge in [-0.25, -0.2) is 13.4 Å². The maximum atomic E-state index is 12.3. The summed E-state index contributed by atoms with van der Waals surface area (Å²) >= 11 is 0. The summed E-state index contributed by atoms with van der Waals surface area (Å²) in [6.45, 7) is 8.25. The van der Waals surface area contributed by atoms with E-state index in [-0.39, 0.29) is 23.4 Å². The predicted octanol–water partition coefficient (Wildman–Crippen LogP) is 1.05. The molecule has 8 heteroatoms. The zero-order valence-corrected chi connectivity index (χ0v) is 14.3. The molecule has 0 aromatic carbocycles. The average Bonchev–Trinajstić information content (AvgIpc) is 2.46. The molecule has 0 unspecified atom stereocenters. The maximum Gasteiger partial charge on any atom is 0.244 e. The molecule has 2 N–H and O–H groups in total. The molecule has 124 valence electrons. The molecule has 0 aliphatic heterocycles. The van der Waals surface area contributed by atoms with Crippen molar-refractivity contribution in [3.8, 4) is 0 Å². The molecule has 7 nitrogen and oxygen atoms in total. The Labute approximate surface area is 132 Å². The Kier molecular flexibility index (Phi) is 6.76. The van der Waals surface area contributed by atoms with Crippen molar-refractivity contribution in [2.75, 3.05) is 25.0 Å². The van der Waals surface area contributed by atoms with Gasteiger partial charge < -0.3 is 10.6 Å². The monoisotopic (exact) mass is 328 g/mol. The number of nitrogens with zero attached hydrogens (tertiary/aromatic N) is 2. The minimum atomic E-state index is -3.50. The molecule has 0 fully saturated rings. The van der Waals surface area contributed by atoms with Gasteiger partial charge in [0.25, 0.3) is 0 Å². The highest BCUT2D eigenvalue weighted by atomic mass is 32.2. The number of pyridine rings is 1. The van der Waals surface area contributed by atoms with E-state index >= 15 is 0 Å². The fourth-order valence-corrected chi connectivity index (χ4v) is 3.30. The number of hydrogen-bond acceptors (Lipinski definition) is 5. The van der Waals surface area contributed by atoms with E-state index < -0.39 is 10.0 Å². The number of rotatable bonds is 8. The molecule has 1 amide bonds. The standard InChI is InChI=1S/C14H24N4O3S/c1-5-18(6-2)22(20,21)12-7-8-13(15-9-12)16-10-14(19)17-11(3)4/h7-9,11H,5-6,10H2,1-4H3,(H,15,16)(H,17,19). The van der Waals surface area contributed by atoms with Gasteiger partial charge in [0.05, 0.1) is 6.54 Å². The number of aromatic nitrogens is 1. The summed E-state index contributed by atoms with van der Waals surface area (Å²) in [6, 6.07) is 3.12. The summed E-state index contributed by atoms with van der Waals surface area (Å²) in [6.07, 6.45) is 1.30. The lowest BCUT2D eigenvalue weighted by Gasteiger charge is -2.18. The number of carbonyl (C=O) groups is 1. The van der Waals surface area contributed by atoms with Crippen LogP contribution in [0.1, 0.15) is 27.7 Å². The third-order valence-corrected chi connectivity index (χ3v) is 4.99. The van der Waals surface area contributed by atoms with E-state index in [0.29, 0.717) is 18.9 Å². The Morgan fingerprint density at radius 1 is 1.27 bits per heavy atom. The largest absolute Gasteiger partial charge is 0.361 e. The first-order chi connectivity index (χ1) is 10.3. The highest BCUT2D eigenvalue weighted by Crippen LogP contribution is 2.15. The van der Waals surface area contributed by atoms with Crippen LogP contribution < -0.4 is 10.6 Å². The topological polar surface area (TPSA) is 91.4 Å². The van der Waals surface area contributed by atoms with Gasteiger partial charge in [0.15, 0.2) is 0 Å². The normalized spacial score (nSPS) is 11.7. The SMILES string of the molecule is CCN(CC)S(=O)(=O)c1ccc(NCC(=O)NC(C)C)nc1. The third kappa shape index (κ3) is 4.96. The quantitative estimate of drug-likeness (QED) is 0.744. The molecule has 0 spiro atoms. The summed E-state index contributed by atoms with van der Waals surface area (Å²) < 4.78 is 26.0. The highest BCUT2D eigenvalue weighted by Gasteiger charge is 2.21. The lowest BCUT2D eigenvalue weighted by Crippen LogP contribution is -2.35. The van der Waals surface area contributed by atoms with E-state index in [0.717, 1.165) is 0 Å². The first kappa shape index (κ1) is 18.4. The van der Waals surface area contributed by atoms with E-state index in [1.54, 1.807) is 19.9 Å².